The van der Waals surface area contributed by atoms with E-state index in [2.05, 4.69) is 17.2 Å². The van der Waals surface area contributed by atoms with E-state index in [0.717, 1.165) is 12.1 Å². The molecule has 0 aliphatic carbocycles. The number of hydrogen-bond donors (Lipinski definition) is 1. The minimum atomic E-state index is 0.0966. The van der Waals surface area contributed by atoms with Crippen LogP contribution < -0.4 is 5.73 Å². The first kappa shape index (κ1) is 21.1. The Morgan fingerprint density at radius 1 is 1.00 bits per heavy atom. The van der Waals surface area contributed by atoms with Crippen molar-refractivity contribution in [3.63, 3.8) is 0 Å². The molecule has 5 heteroatoms. The number of amides is 2. The van der Waals surface area contributed by atoms with Gasteiger partial charge < -0.3 is 10.6 Å². The summed E-state index contributed by atoms with van der Waals surface area (Å²) in [5.74, 6) is 0.0966. The largest absolute Gasteiger partial charge is 0.372 e. The lowest BCUT2D eigenvalue weighted by Gasteiger charge is -2.20. The van der Waals surface area contributed by atoms with Gasteiger partial charge in [-0.3, -0.25) is 9.59 Å². The Labute approximate surface area is 158 Å². The maximum Gasteiger partial charge on any atom is 0.254 e. The van der Waals surface area contributed by atoms with Gasteiger partial charge in [-0.1, -0.05) is 54.6 Å². The Morgan fingerprint density at radius 2 is 1.50 bits per heavy atom. The van der Waals surface area contributed by atoms with Crippen LogP contribution in [0.4, 0.5) is 0 Å². The molecule has 0 unspecified atom stereocenters. The van der Waals surface area contributed by atoms with Gasteiger partial charge in [0.1, 0.15) is 0 Å². The highest BCUT2D eigenvalue weighted by molar-refractivity contribution is 7.07. The summed E-state index contributed by atoms with van der Waals surface area (Å²) in [5, 5.41) is 4.12. The van der Waals surface area contributed by atoms with Gasteiger partial charge in [0, 0.05) is 18.7 Å². The van der Waals surface area contributed by atoms with Crippen LogP contribution in [0.3, 0.4) is 0 Å². The molecule has 0 aliphatic rings. The maximum atomic E-state index is 12.2. The number of rotatable bonds is 4. The van der Waals surface area contributed by atoms with Crippen LogP contribution >= 0.6 is 11.3 Å². The van der Waals surface area contributed by atoms with Crippen molar-refractivity contribution in [3.8, 4) is 0 Å². The zero-order valence-electron chi connectivity index (χ0n) is 14.8. The molecule has 0 saturated heterocycles. The van der Waals surface area contributed by atoms with Gasteiger partial charge in [0.15, 0.2) is 0 Å². The summed E-state index contributed by atoms with van der Waals surface area (Å²) in [6.45, 7) is 3.42. The van der Waals surface area contributed by atoms with Crippen LogP contribution in [0.2, 0.25) is 0 Å². The molecule has 0 atom stereocenters. The molecule has 0 bridgehead atoms. The zero-order chi connectivity index (χ0) is 19.0. The lowest BCUT2D eigenvalue weighted by Crippen LogP contribution is -2.30. The molecule has 3 aromatic rings. The van der Waals surface area contributed by atoms with Crippen LogP contribution in [0.25, 0.3) is 0 Å². The lowest BCUT2D eigenvalue weighted by molar-refractivity contribution is -0.106. The van der Waals surface area contributed by atoms with Gasteiger partial charge >= 0.3 is 0 Å². The normalized spacial score (nSPS) is 8.96. The van der Waals surface area contributed by atoms with Gasteiger partial charge in [-0.2, -0.15) is 11.3 Å². The smallest absolute Gasteiger partial charge is 0.254 e. The zero-order valence-corrected chi connectivity index (χ0v) is 15.6. The summed E-state index contributed by atoms with van der Waals surface area (Å²) in [6.07, 6.45) is 0.250. The predicted molar refractivity (Wildman–Crippen MR) is 108 cm³/mol. The van der Waals surface area contributed by atoms with Crippen molar-refractivity contribution in [2.45, 2.75) is 13.5 Å². The van der Waals surface area contributed by atoms with E-state index < -0.39 is 0 Å². The van der Waals surface area contributed by atoms with E-state index in [-0.39, 0.29) is 12.3 Å². The van der Waals surface area contributed by atoms with E-state index in [1.54, 1.807) is 11.3 Å². The van der Waals surface area contributed by atoms with E-state index in [1.807, 2.05) is 83.9 Å². The first-order valence-electron chi connectivity index (χ1n) is 8.23. The van der Waals surface area contributed by atoms with Gasteiger partial charge in [0.05, 0.1) is 0 Å². The minimum absolute atomic E-state index is 0.0966. The Morgan fingerprint density at radius 3 is 1.92 bits per heavy atom. The van der Waals surface area contributed by atoms with Crippen molar-refractivity contribution in [1.82, 2.24) is 4.90 Å². The monoisotopic (exact) mass is 368 g/mol. The fraction of sp³-hybridized carbons (Fsp3) is 0.143. The van der Waals surface area contributed by atoms with Crippen molar-refractivity contribution in [3.05, 3.63) is 94.7 Å². The molecule has 0 saturated carbocycles. The average Bonchev–Trinajstić information content (AvgIpc) is 3.22. The van der Waals surface area contributed by atoms with Gasteiger partial charge in [-0.05, 0) is 41.4 Å². The van der Waals surface area contributed by atoms with Crippen LogP contribution in [0.15, 0.2) is 83.6 Å². The second kappa shape index (κ2) is 13.4. The summed E-state index contributed by atoms with van der Waals surface area (Å²) in [6, 6.07) is 23.5. The molecule has 26 heavy (non-hydrogen) atoms. The average molecular weight is 369 g/mol. The van der Waals surface area contributed by atoms with E-state index in [9.17, 15) is 4.79 Å². The van der Waals surface area contributed by atoms with E-state index in [0.29, 0.717) is 6.54 Å². The summed E-state index contributed by atoms with van der Waals surface area (Å²) in [4.78, 5) is 22.7. The van der Waals surface area contributed by atoms with Crippen LogP contribution in [0.5, 0.6) is 0 Å². The highest BCUT2D eigenvalue weighted by Gasteiger charge is 2.13. The first-order valence-corrected chi connectivity index (χ1v) is 9.18. The Balaban J connectivity index is 0.000000310. The third kappa shape index (κ3) is 8.26. The lowest BCUT2D eigenvalue weighted by atomic mass is 10.2. The van der Waals surface area contributed by atoms with Gasteiger partial charge in [0.25, 0.3) is 5.91 Å². The van der Waals surface area contributed by atoms with Crippen LogP contribution in [0.1, 0.15) is 22.8 Å². The third-order valence-corrected chi connectivity index (χ3v) is 4.04. The molecule has 136 valence electrons. The molecule has 2 amide bonds. The van der Waals surface area contributed by atoms with E-state index in [1.165, 1.54) is 5.56 Å². The fourth-order valence-electron chi connectivity index (χ4n) is 2.08. The molecule has 1 aromatic heterocycles. The Bertz CT molecular complexity index is 690. The topological polar surface area (TPSA) is 63.4 Å². The first-order chi connectivity index (χ1) is 12.7. The van der Waals surface area contributed by atoms with Gasteiger partial charge in [0.2, 0.25) is 6.41 Å². The number of thiophene rings is 1. The number of hydrogen-bond acceptors (Lipinski definition) is 3. The van der Waals surface area contributed by atoms with Crippen molar-refractivity contribution in [2.75, 3.05) is 6.54 Å². The standard InChI is InChI=1S/C14H15NOS.C6H6.CH3NO/c1-2-15(10-12-8-9-17-11-12)14(16)13-6-4-3-5-7-13;1-2-4-6-5-3-1;2-1-3/h3-9,11H,2,10H2,1H3;1-6H;1H,(H2,2,3). The number of nitrogens with zero attached hydrogens (tertiary/aromatic N) is 1. The quantitative estimate of drug-likeness (QED) is 0.702. The van der Waals surface area contributed by atoms with Crippen molar-refractivity contribution in [2.24, 2.45) is 5.73 Å². The molecule has 3 rings (SSSR count). The summed E-state index contributed by atoms with van der Waals surface area (Å²) >= 11 is 1.66. The summed E-state index contributed by atoms with van der Waals surface area (Å²) < 4.78 is 0. The summed E-state index contributed by atoms with van der Waals surface area (Å²) in [7, 11) is 0. The number of carbonyl (C=O) groups is 2. The molecule has 0 radical (unpaired) electrons. The highest BCUT2D eigenvalue weighted by Crippen LogP contribution is 2.12. The number of primary amides is 1. The van der Waals surface area contributed by atoms with Crippen molar-refractivity contribution >= 4 is 23.7 Å². The molecule has 2 aromatic carbocycles. The summed E-state index contributed by atoms with van der Waals surface area (Å²) in [5.41, 5.74) is 6.12. The van der Waals surface area contributed by atoms with Crippen LogP contribution in [-0.4, -0.2) is 23.8 Å². The van der Waals surface area contributed by atoms with Crippen LogP contribution in [0, 0.1) is 0 Å². The van der Waals surface area contributed by atoms with Gasteiger partial charge in [-0.25, -0.2) is 0 Å². The number of nitrogens with two attached hydrogens (primary N) is 1. The van der Waals surface area contributed by atoms with Gasteiger partial charge in [-0.15, -0.1) is 0 Å². The molecule has 4 nitrogen and oxygen atoms in total. The molecule has 2 N–H and O–H groups in total. The minimum Gasteiger partial charge on any atom is -0.372 e. The second-order valence-electron chi connectivity index (χ2n) is 5.11. The predicted octanol–water partition coefficient (Wildman–Crippen LogP) is 4.20. The molecule has 0 aliphatic heterocycles. The third-order valence-electron chi connectivity index (χ3n) is 3.31. The molecular weight excluding hydrogens is 344 g/mol. The van der Waals surface area contributed by atoms with Crippen LogP contribution in [-0.2, 0) is 11.3 Å². The fourth-order valence-corrected chi connectivity index (χ4v) is 2.74. The molecule has 1 heterocycles. The molecule has 0 fully saturated rings. The van der Waals surface area contributed by atoms with E-state index in [4.69, 9.17) is 4.79 Å². The Kier molecular flexibility index (Phi) is 10.9. The molecular formula is C21H24N2O2S. The van der Waals surface area contributed by atoms with E-state index >= 15 is 0 Å². The highest BCUT2D eigenvalue weighted by atomic mass is 32.1. The molecule has 0 spiro atoms. The second-order valence-corrected chi connectivity index (χ2v) is 5.89. The number of carbonyl (C=O) groups excluding carboxylic acids is 2. The number of benzene rings is 2. The Hall–Kier alpha value is -2.92. The van der Waals surface area contributed by atoms with Crippen molar-refractivity contribution in [1.29, 1.82) is 0 Å². The maximum absolute atomic E-state index is 12.2. The van der Waals surface area contributed by atoms with Crippen molar-refractivity contribution < 1.29 is 9.59 Å². The SMILES string of the molecule is CCN(Cc1ccsc1)C(=O)c1ccccc1.NC=O.c1ccccc1.